The van der Waals surface area contributed by atoms with E-state index in [1.54, 1.807) is 12.1 Å². The molecular weight excluding hydrogens is 272 g/mol. The van der Waals surface area contributed by atoms with Crippen LogP contribution in [0.5, 0.6) is 0 Å². The number of hydrogen-bond acceptors (Lipinski definition) is 4. The van der Waals surface area contributed by atoms with Crippen LogP contribution >= 0.6 is 11.6 Å². The average Bonchev–Trinajstić information content (AvgIpc) is 2.27. The normalized spacial score (nSPS) is 19.4. The van der Waals surface area contributed by atoms with E-state index in [0.717, 1.165) is 11.8 Å². The molecule has 2 rings (SSSR count). The Balaban J connectivity index is 2.44. The summed E-state index contributed by atoms with van der Waals surface area (Å²) in [6.07, 6.45) is 0. The first-order chi connectivity index (χ1) is 8.91. The molecular formula is C12H9ClN2O4. The van der Waals surface area contributed by atoms with Gasteiger partial charge in [-0.2, -0.15) is 0 Å². The van der Waals surface area contributed by atoms with Crippen molar-refractivity contribution in [2.24, 2.45) is 5.92 Å². The molecule has 1 N–H and O–H groups in total. The van der Waals surface area contributed by atoms with Crippen LogP contribution in [0.2, 0.25) is 5.02 Å². The third-order valence-electron chi connectivity index (χ3n) is 2.64. The number of barbiturate groups is 1. The van der Waals surface area contributed by atoms with E-state index in [0.29, 0.717) is 5.02 Å². The zero-order valence-electron chi connectivity index (χ0n) is 9.84. The third kappa shape index (κ3) is 2.34. The van der Waals surface area contributed by atoms with Crippen LogP contribution < -0.4 is 10.2 Å². The Morgan fingerprint density at radius 2 is 2.00 bits per heavy atom. The molecule has 1 heterocycles. The highest BCUT2D eigenvalue weighted by Gasteiger charge is 2.43. The molecule has 6 nitrogen and oxygen atoms in total. The Morgan fingerprint density at radius 1 is 1.32 bits per heavy atom. The first-order valence-electron chi connectivity index (χ1n) is 5.36. The minimum atomic E-state index is -1.50. The van der Waals surface area contributed by atoms with E-state index in [-0.39, 0.29) is 5.69 Å². The van der Waals surface area contributed by atoms with E-state index < -0.39 is 29.5 Å². The number of benzene rings is 1. The highest BCUT2D eigenvalue weighted by Crippen LogP contribution is 2.23. The second-order valence-corrected chi connectivity index (χ2v) is 4.43. The lowest BCUT2D eigenvalue weighted by atomic mass is 10.0. The van der Waals surface area contributed by atoms with Gasteiger partial charge in [0, 0.05) is 5.02 Å². The molecule has 1 aromatic carbocycles. The summed E-state index contributed by atoms with van der Waals surface area (Å²) in [5.41, 5.74) is 0.203. The number of urea groups is 1. The predicted octanol–water partition coefficient (Wildman–Crippen LogP) is 1.13. The van der Waals surface area contributed by atoms with E-state index in [1.807, 2.05) is 5.32 Å². The van der Waals surface area contributed by atoms with Gasteiger partial charge in [-0.15, -0.1) is 0 Å². The molecule has 0 bridgehead atoms. The number of amides is 4. The summed E-state index contributed by atoms with van der Waals surface area (Å²) in [5.74, 6) is -3.90. The van der Waals surface area contributed by atoms with Gasteiger partial charge in [0.1, 0.15) is 0 Å². The van der Waals surface area contributed by atoms with E-state index in [2.05, 4.69) is 0 Å². The fourth-order valence-electron chi connectivity index (χ4n) is 1.79. The molecule has 0 unspecified atom stereocenters. The second kappa shape index (κ2) is 4.81. The van der Waals surface area contributed by atoms with Gasteiger partial charge in [0.25, 0.3) is 5.91 Å². The Hall–Kier alpha value is -2.21. The number of ketones is 1. The lowest BCUT2D eigenvalue weighted by Crippen LogP contribution is -2.59. The van der Waals surface area contributed by atoms with Crippen molar-refractivity contribution in [1.29, 1.82) is 0 Å². The fraction of sp³-hybridized carbons (Fsp3) is 0.167. The molecule has 1 aliphatic rings. The van der Waals surface area contributed by atoms with Crippen LogP contribution in [-0.2, 0) is 14.4 Å². The fourth-order valence-corrected chi connectivity index (χ4v) is 1.98. The molecule has 19 heavy (non-hydrogen) atoms. The first-order valence-corrected chi connectivity index (χ1v) is 5.74. The van der Waals surface area contributed by atoms with Crippen molar-refractivity contribution in [3.63, 3.8) is 0 Å². The molecule has 4 amide bonds. The summed E-state index contributed by atoms with van der Waals surface area (Å²) < 4.78 is 0. The Bertz CT molecular complexity index is 599. The molecule has 0 aliphatic carbocycles. The maximum absolute atomic E-state index is 12.1. The van der Waals surface area contributed by atoms with Crippen LogP contribution in [0.1, 0.15) is 6.92 Å². The quantitative estimate of drug-likeness (QED) is 0.823. The average molecular weight is 281 g/mol. The standard InChI is InChI=1S/C12H9ClN2O4/c1-6(16)9-10(17)14-12(19)15(11(9)18)8-4-2-3-7(13)5-8/h2-5,9H,1H3,(H,14,17,19)/t9-/m0/s1. The number of hydrogen-bond donors (Lipinski definition) is 1. The lowest BCUT2D eigenvalue weighted by Gasteiger charge is -2.28. The lowest BCUT2D eigenvalue weighted by molar-refractivity contribution is -0.140. The topological polar surface area (TPSA) is 83.6 Å². The summed E-state index contributed by atoms with van der Waals surface area (Å²) in [6, 6.07) is 5.11. The minimum absolute atomic E-state index is 0.203. The Morgan fingerprint density at radius 3 is 2.58 bits per heavy atom. The van der Waals surface area contributed by atoms with Gasteiger partial charge in [-0.1, -0.05) is 17.7 Å². The van der Waals surface area contributed by atoms with Gasteiger partial charge in [-0.05, 0) is 25.1 Å². The molecule has 1 atom stereocenters. The molecule has 0 spiro atoms. The Kier molecular flexibility index (Phi) is 3.35. The van der Waals surface area contributed by atoms with Gasteiger partial charge in [-0.25, -0.2) is 9.69 Å². The van der Waals surface area contributed by atoms with Crippen LogP contribution in [-0.4, -0.2) is 23.6 Å². The Labute approximate surface area is 113 Å². The largest absolute Gasteiger partial charge is 0.335 e. The van der Waals surface area contributed by atoms with Crippen molar-refractivity contribution in [2.75, 3.05) is 4.90 Å². The molecule has 0 aromatic heterocycles. The van der Waals surface area contributed by atoms with Crippen LogP contribution in [0, 0.1) is 5.92 Å². The van der Waals surface area contributed by atoms with Crippen molar-refractivity contribution in [3.05, 3.63) is 29.3 Å². The van der Waals surface area contributed by atoms with E-state index in [9.17, 15) is 19.2 Å². The highest BCUT2D eigenvalue weighted by molar-refractivity contribution is 6.35. The maximum atomic E-state index is 12.1. The van der Waals surface area contributed by atoms with Crippen molar-refractivity contribution >= 4 is 40.9 Å². The molecule has 0 saturated carbocycles. The predicted molar refractivity (Wildman–Crippen MR) is 66.6 cm³/mol. The highest BCUT2D eigenvalue weighted by atomic mass is 35.5. The second-order valence-electron chi connectivity index (χ2n) is 3.99. The molecule has 7 heteroatoms. The summed E-state index contributed by atoms with van der Waals surface area (Å²) in [6.45, 7) is 1.12. The monoisotopic (exact) mass is 280 g/mol. The number of rotatable bonds is 2. The number of nitrogens with one attached hydrogen (secondary N) is 1. The van der Waals surface area contributed by atoms with Gasteiger partial charge in [0.05, 0.1) is 5.69 Å². The zero-order valence-corrected chi connectivity index (χ0v) is 10.6. The molecule has 0 radical (unpaired) electrons. The number of carbonyl (C=O) groups is 4. The molecule has 1 saturated heterocycles. The van der Waals surface area contributed by atoms with Gasteiger partial charge in [0.15, 0.2) is 11.7 Å². The molecule has 1 aliphatic heterocycles. The number of imide groups is 2. The van der Waals surface area contributed by atoms with Crippen molar-refractivity contribution < 1.29 is 19.2 Å². The number of carbonyl (C=O) groups excluding carboxylic acids is 4. The smallest absolute Gasteiger partial charge is 0.299 e. The molecule has 1 aromatic rings. The van der Waals surface area contributed by atoms with E-state index in [1.165, 1.54) is 12.1 Å². The van der Waals surface area contributed by atoms with Crippen LogP contribution in [0.15, 0.2) is 24.3 Å². The third-order valence-corrected chi connectivity index (χ3v) is 2.87. The van der Waals surface area contributed by atoms with E-state index >= 15 is 0 Å². The minimum Gasteiger partial charge on any atom is -0.299 e. The van der Waals surface area contributed by atoms with Crippen molar-refractivity contribution in [2.45, 2.75) is 6.92 Å². The summed E-state index contributed by atoms with van der Waals surface area (Å²) in [4.78, 5) is 47.3. The summed E-state index contributed by atoms with van der Waals surface area (Å²) in [7, 11) is 0. The number of Topliss-reactive ketones (excluding diaryl/α,β-unsaturated/α-hetero) is 1. The van der Waals surface area contributed by atoms with Gasteiger partial charge in [0.2, 0.25) is 5.91 Å². The summed E-state index contributed by atoms with van der Waals surface area (Å²) >= 11 is 5.78. The van der Waals surface area contributed by atoms with E-state index in [4.69, 9.17) is 11.6 Å². The van der Waals surface area contributed by atoms with Gasteiger partial charge >= 0.3 is 6.03 Å². The first kappa shape index (κ1) is 13.2. The SMILES string of the molecule is CC(=O)[C@H]1C(=O)NC(=O)N(c2cccc(Cl)c2)C1=O. The number of halogens is 1. The number of nitrogens with zero attached hydrogens (tertiary/aromatic N) is 1. The van der Waals surface area contributed by atoms with Gasteiger partial charge in [-0.3, -0.25) is 19.7 Å². The van der Waals surface area contributed by atoms with Crippen LogP contribution in [0.25, 0.3) is 0 Å². The van der Waals surface area contributed by atoms with Crippen molar-refractivity contribution in [1.82, 2.24) is 5.32 Å². The van der Waals surface area contributed by atoms with Gasteiger partial charge < -0.3 is 0 Å². The van der Waals surface area contributed by atoms with Crippen molar-refractivity contribution in [3.8, 4) is 0 Å². The molecule has 98 valence electrons. The maximum Gasteiger partial charge on any atom is 0.335 e. The summed E-state index contributed by atoms with van der Waals surface area (Å²) in [5, 5.41) is 2.30. The number of anilines is 1. The zero-order chi connectivity index (χ0) is 14.2. The van der Waals surface area contributed by atoms with Crippen LogP contribution in [0.3, 0.4) is 0 Å². The van der Waals surface area contributed by atoms with Crippen LogP contribution in [0.4, 0.5) is 10.5 Å². The molecule has 1 fully saturated rings.